The molecule has 1 atom stereocenters. The average Bonchev–Trinajstić information content (AvgIpc) is 2.91. The summed E-state index contributed by atoms with van der Waals surface area (Å²) in [5.41, 5.74) is 2.78. The van der Waals surface area contributed by atoms with Crippen LogP contribution >= 0.6 is 12.4 Å². The zero-order valence-corrected chi connectivity index (χ0v) is 13.2. The van der Waals surface area contributed by atoms with Crippen LogP contribution in [0, 0.1) is 0 Å². The SMILES string of the molecule is CC(=O)N1CCc2cc(NC(=O)C3CNCCO3)ccc21.Cl. The topological polar surface area (TPSA) is 70.7 Å². The van der Waals surface area contributed by atoms with Crippen molar-refractivity contribution in [3.8, 4) is 0 Å². The number of hydrogen-bond donors (Lipinski definition) is 2. The van der Waals surface area contributed by atoms with E-state index in [9.17, 15) is 9.59 Å². The summed E-state index contributed by atoms with van der Waals surface area (Å²) in [4.78, 5) is 25.4. The lowest BCUT2D eigenvalue weighted by Crippen LogP contribution is -2.45. The lowest BCUT2D eigenvalue weighted by atomic mass is 10.1. The summed E-state index contributed by atoms with van der Waals surface area (Å²) in [6.07, 6.45) is 0.376. The molecule has 2 heterocycles. The smallest absolute Gasteiger partial charge is 0.254 e. The first-order chi connectivity index (χ1) is 10.1. The number of benzene rings is 1. The number of rotatable bonds is 2. The second-order valence-electron chi connectivity index (χ2n) is 5.32. The van der Waals surface area contributed by atoms with E-state index in [1.165, 1.54) is 0 Å². The van der Waals surface area contributed by atoms with Gasteiger partial charge in [-0.1, -0.05) is 0 Å². The molecule has 22 heavy (non-hydrogen) atoms. The maximum absolute atomic E-state index is 12.1. The van der Waals surface area contributed by atoms with E-state index < -0.39 is 6.10 Å². The number of nitrogens with zero attached hydrogens (tertiary/aromatic N) is 1. The van der Waals surface area contributed by atoms with Gasteiger partial charge in [0.25, 0.3) is 5.91 Å². The first-order valence-electron chi connectivity index (χ1n) is 7.19. The molecule has 0 radical (unpaired) electrons. The molecule has 0 spiro atoms. The highest BCUT2D eigenvalue weighted by atomic mass is 35.5. The van der Waals surface area contributed by atoms with Crippen LogP contribution in [0.15, 0.2) is 18.2 Å². The number of carbonyl (C=O) groups is 2. The lowest BCUT2D eigenvalue weighted by molar-refractivity contribution is -0.128. The Labute approximate surface area is 135 Å². The van der Waals surface area contributed by atoms with Crippen molar-refractivity contribution in [1.29, 1.82) is 0 Å². The minimum Gasteiger partial charge on any atom is -0.366 e. The number of halogens is 1. The van der Waals surface area contributed by atoms with Gasteiger partial charge in [-0.15, -0.1) is 12.4 Å². The van der Waals surface area contributed by atoms with E-state index in [0.29, 0.717) is 19.7 Å². The highest BCUT2D eigenvalue weighted by molar-refractivity contribution is 5.97. The minimum atomic E-state index is -0.444. The number of nitrogens with one attached hydrogen (secondary N) is 2. The Hall–Kier alpha value is -1.63. The van der Waals surface area contributed by atoms with E-state index in [1.807, 2.05) is 18.2 Å². The Morgan fingerprint density at radius 1 is 1.41 bits per heavy atom. The number of fused-ring (bicyclic) bond motifs is 1. The van der Waals surface area contributed by atoms with Gasteiger partial charge in [-0.25, -0.2) is 0 Å². The van der Waals surface area contributed by atoms with Crippen LogP contribution < -0.4 is 15.5 Å². The van der Waals surface area contributed by atoms with Crippen LogP contribution in [0.2, 0.25) is 0 Å². The maximum atomic E-state index is 12.1. The van der Waals surface area contributed by atoms with Crippen molar-refractivity contribution in [2.45, 2.75) is 19.4 Å². The van der Waals surface area contributed by atoms with E-state index in [1.54, 1.807) is 11.8 Å². The number of ether oxygens (including phenoxy) is 1. The molecule has 0 aromatic heterocycles. The Bertz CT molecular complexity index is 573. The fraction of sp³-hybridized carbons (Fsp3) is 0.467. The highest BCUT2D eigenvalue weighted by Crippen LogP contribution is 2.30. The molecule has 120 valence electrons. The second kappa shape index (κ2) is 7.09. The summed E-state index contributed by atoms with van der Waals surface area (Å²) in [6, 6.07) is 5.65. The van der Waals surface area contributed by atoms with Crippen LogP contribution in [0.4, 0.5) is 11.4 Å². The van der Waals surface area contributed by atoms with Crippen LogP contribution in [0.25, 0.3) is 0 Å². The Morgan fingerprint density at radius 2 is 2.23 bits per heavy atom. The number of anilines is 2. The van der Waals surface area contributed by atoms with E-state index in [-0.39, 0.29) is 24.2 Å². The van der Waals surface area contributed by atoms with Gasteiger partial charge in [0.2, 0.25) is 5.91 Å². The molecular formula is C15H20ClN3O3. The fourth-order valence-electron chi connectivity index (χ4n) is 2.76. The zero-order valence-electron chi connectivity index (χ0n) is 12.4. The summed E-state index contributed by atoms with van der Waals surface area (Å²) in [5.74, 6) is -0.0872. The van der Waals surface area contributed by atoms with Gasteiger partial charge in [-0.3, -0.25) is 9.59 Å². The quantitative estimate of drug-likeness (QED) is 0.849. The van der Waals surface area contributed by atoms with Crippen LogP contribution in [-0.4, -0.2) is 44.2 Å². The molecule has 3 rings (SSSR count). The highest BCUT2D eigenvalue weighted by Gasteiger charge is 2.24. The molecule has 2 N–H and O–H groups in total. The first kappa shape index (κ1) is 16.7. The van der Waals surface area contributed by atoms with Crippen molar-refractivity contribution in [3.63, 3.8) is 0 Å². The normalized spacial score (nSPS) is 20.0. The fourth-order valence-corrected chi connectivity index (χ4v) is 2.76. The average molecular weight is 326 g/mol. The van der Waals surface area contributed by atoms with E-state index in [0.717, 1.165) is 29.9 Å². The number of morpholine rings is 1. The number of amides is 2. The van der Waals surface area contributed by atoms with Crippen molar-refractivity contribution in [1.82, 2.24) is 5.32 Å². The molecule has 2 aliphatic rings. The molecule has 0 bridgehead atoms. The zero-order chi connectivity index (χ0) is 14.8. The molecule has 0 saturated carbocycles. The van der Waals surface area contributed by atoms with Crippen LogP contribution in [0.5, 0.6) is 0 Å². The summed E-state index contributed by atoms with van der Waals surface area (Å²) in [6.45, 7) is 4.14. The molecule has 1 aromatic rings. The van der Waals surface area contributed by atoms with Gasteiger partial charge in [0.15, 0.2) is 0 Å². The molecule has 2 aliphatic heterocycles. The molecule has 0 aliphatic carbocycles. The van der Waals surface area contributed by atoms with Gasteiger partial charge >= 0.3 is 0 Å². The van der Waals surface area contributed by atoms with Crippen molar-refractivity contribution in [2.24, 2.45) is 0 Å². The van der Waals surface area contributed by atoms with Crippen LogP contribution in [0.1, 0.15) is 12.5 Å². The molecule has 1 unspecified atom stereocenters. The minimum absolute atomic E-state index is 0. The third kappa shape index (κ3) is 3.40. The van der Waals surface area contributed by atoms with E-state index in [2.05, 4.69) is 10.6 Å². The molecular weight excluding hydrogens is 306 g/mol. The molecule has 7 heteroatoms. The van der Waals surface area contributed by atoms with Gasteiger partial charge in [-0.2, -0.15) is 0 Å². The van der Waals surface area contributed by atoms with E-state index in [4.69, 9.17) is 4.74 Å². The third-order valence-corrected chi connectivity index (χ3v) is 3.84. The molecule has 2 amide bonds. The van der Waals surface area contributed by atoms with E-state index >= 15 is 0 Å². The summed E-state index contributed by atoms with van der Waals surface area (Å²) in [5, 5.41) is 6.01. The Balaban J connectivity index is 0.00000176. The summed E-state index contributed by atoms with van der Waals surface area (Å²) in [7, 11) is 0. The van der Waals surface area contributed by atoms with Gasteiger partial charge in [0.1, 0.15) is 6.10 Å². The Morgan fingerprint density at radius 3 is 2.91 bits per heavy atom. The number of carbonyl (C=O) groups excluding carboxylic acids is 2. The maximum Gasteiger partial charge on any atom is 0.254 e. The van der Waals surface area contributed by atoms with Crippen molar-refractivity contribution < 1.29 is 14.3 Å². The standard InChI is InChI=1S/C15H19N3O3.ClH/c1-10(19)18-6-4-11-8-12(2-3-13(11)18)17-15(20)14-9-16-5-7-21-14;/h2-3,8,14,16H,4-7,9H2,1H3,(H,17,20);1H. The molecule has 1 aromatic carbocycles. The molecule has 6 nitrogen and oxygen atoms in total. The predicted octanol–water partition coefficient (Wildman–Crippen LogP) is 0.944. The largest absolute Gasteiger partial charge is 0.366 e. The van der Waals surface area contributed by atoms with Crippen LogP contribution in [0.3, 0.4) is 0 Å². The van der Waals surface area contributed by atoms with Crippen molar-refractivity contribution in [2.75, 3.05) is 36.5 Å². The van der Waals surface area contributed by atoms with Gasteiger partial charge in [-0.05, 0) is 30.2 Å². The van der Waals surface area contributed by atoms with Gasteiger partial charge in [0, 0.05) is 37.9 Å². The molecule has 1 fully saturated rings. The van der Waals surface area contributed by atoms with Crippen molar-refractivity contribution in [3.05, 3.63) is 23.8 Å². The number of hydrogen-bond acceptors (Lipinski definition) is 4. The summed E-state index contributed by atoms with van der Waals surface area (Å²) >= 11 is 0. The second-order valence-corrected chi connectivity index (χ2v) is 5.32. The predicted molar refractivity (Wildman–Crippen MR) is 86.7 cm³/mol. The van der Waals surface area contributed by atoms with Gasteiger partial charge in [0.05, 0.1) is 6.61 Å². The monoisotopic (exact) mass is 325 g/mol. The van der Waals surface area contributed by atoms with Crippen LogP contribution in [-0.2, 0) is 20.7 Å². The molecule has 1 saturated heterocycles. The van der Waals surface area contributed by atoms with Gasteiger partial charge < -0.3 is 20.3 Å². The summed E-state index contributed by atoms with van der Waals surface area (Å²) < 4.78 is 5.43. The third-order valence-electron chi connectivity index (χ3n) is 3.84. The Kier molecular flexibility index (Phi) is 5.39. The lowest BCUT2D eigenvalue weighted by Gasteiger charge is -2.23. The van der Waals surface area contributed by atoms with Crippen molar-refractivity contribution >= 4 is 35.6 Å². The first-order valence-corrected chi connectivity index (χ1v) is 7.19.